The topological polar surface area (TPSA) is 52.2 Å². The molecule has 2 aliphatic heterocycles. The lowest BCUT2D eigenvalue weighted by atomic mass is 10.1. The summed E-state index contributed by atoms with van der Waals surface area (Å²) < 4.78 is 0. The number of piperazine rings is 1. The Morgan fingerprint density at radius 1 is 1.20 bits per heavy atom. The average Bonchev–Trinajstić information content (AvgIpc) is 2.94. The molecule has 4 rings (SSSR count). The first kappa shape index (κ1) is 11.9. The molecule has 2 saturated heterocycles. The number of fused-ring (bicyclic) bond motifs is 2. The van der Waals surface area contributed by atoms with Crippen LogP contribution in [0.25, 0.3) is 10.9 Å². The van der Waals surface area contributed by atoms with Crippen molar-refractivity contribution in [2.24, 2.45) is 0 Å². The fourth-order valence-corrected chi connectivity index (χ4v) is 3.41. The predicted octanol–water partition coefficient (Wildman–Crippen LogP) is 1.21. The third-order valence-electron chi connectivity index (χ3n) is 4.49. The third kappa shape index (κ3) is 1.89. The Morgan fingerprint density at radius 2 is 2.10 bits per heavy atom. The highest BCUT2D eigenvalue weighted by molar-refractivity contribution is 5.78. The van der Waals surface area contributed by atoms with Crippen LogP contribution in [0.1, 0.15) is 12.8 Å². The van der Waals surface area contributed by atoms with Crippen LogP contribution in [0.3, 0.4) is 0 Å². The summed E-state index contributed by atoms with van der Waals surface area (Å²) in [6, 6.07) is 8.14. The average molecular weight is 270 g/mol. The summed E-state index contributed by atoms with van der Waals surface area (Å²) in [5, 5.41) is 0.663. The second kappa shape index (κ2) is 4.59. The van der Waals surface area contributed by atoms with Crippen molar-refractivity contribution in [3.05, 3.63) is 34.6 Å². The molecule has 5 heteroatoms. The smallest absolute Gasteiger partial charge is 0.260 e. The molecule has 20 heavy (non-hydrogen) atoms. The molecule has 0 bridgehead atoms. The number of rotatable bonds is 1. The van der Waals surface area contributed by atoms with E-state index in [1.54, 1.807) is 0 Å². The first-order valence-electron chi connectivity index (χ1n) is 7.29. The first-order valence-corrected chi connectivity index (χ1v) is 7.29. The number of nitrogens with one attached hydrogen (secondary N) is 1. The zero-order chi connectivity index (χ0) is 13.5. The molecule has 1 atom stereocenters. The molecule has 2 aromatic rings. The summed E-state index contributed by atoms with van der Waals surface area (Å²) in [6.07, 6.45) is 2.55. The number of benzene rings is 1. The summed E-state index contributed by atoms with van der Waals surface area (Å²) in [5.74, 6) is 0.722. The van der Waals surface area contributed by atoms with Crippen molar-refractivity contribution < 1.29 is 0 Å². The van der Waals surface area contributed by atoms with Crippen molar-refractivity contribution in [3.8, 4) is 0 Å². The van der Waals surface area contributed by atoms with E-state index in [-0.39, 0.29) is 5.56 Å². The minimum Gasteiger partial charge on any atom is -0.339 e. The van der Waals surface area contributed by atoms with Crippen LogP contribution in [0.5, 0.6) is 0 Å². The molecule has 1 aromatic heterocycles. The Kier molecular flexibility index (Phi) is 2.73. The van der Waals surface area contributed by atoms with Gasteiger partial charge in [0.25, 0.3) is 5.56 Å². The number of nitrogens with zero attached hydrogens (tertiary/aromatic N) is 3. The van der Waals surface area contributed by atoms with Gasteiger partial charge in [0, 0.05) is 25.7 Å². The molecule has 5 nitrogen and oxygen atoms in total. The van der Waals surface area contributed by atoms with E-state index >= 15 is 0 Å². The van der Waals surface area contributed by atoms with Crippen molar-refractivity contribution in [1.29, 1.82) is 0 Å². The molecule has 0 spiro atoms. The van der Waals surface area contributed by atoms with Crippen molar-refractivity contribution in [2.75, 3.05) is 31.1 Å². The highest BCUT2D eigenvalue weighted by Crippen LogP contribution is 2.23. The fraction of sp³-hybridized carbons (Fsp3) is 0.467. The Morgan fingerprint density at radius 3 is 3.05 bits per heavy atom. The van der Waals surface area contributed by atoms with E-state index in [0.29, 0.717) is 11.4 Å². The number of hydrogen-bond acceptors (Lipinski definition) is 4. The van der Waals surface area contributed by atoms with Gasteiger partial charge in [-0.15, -0.1) is 0 Å². The summed E-state index contributed by atoms with van der Waals surface area (Å²) >= 11 is 0. The van der Waals surface area contributed by atoms with Crippen LogP contribution in [0.2, 0.25) is 0 Å². The number of aromatic nitrogens is 2. The van der Waals surface area contributed by atoms with E-state index in [0.717, 1.165) is 31.1 Å². The molecule has 1 unspecified atom stereocenters. The molecule has 3 heterocycles. The summed E-state index contributed by atoms with van der Waals surface area (Å²) in [7, 11) is 0. The SMILES string of the molecule is O=c1[nH]c(N2CCN3CCCC3C2)nc2ccccc12. The second-order valence-corrected chi connectivity index (χ2v) is 5.68. The van der Waals surface area contributed by atoms with Crippen LogP contribution < -0.4 is 10.5 Å². The van der Waals surface area contributed by atoms with E-state index in [2.05, 4.69) is 19.8 Å². The molecule has 2 fully saturated rings. The minimum atomic E-state index is -0.0422. The van der Waals surface area contributed by atoms with Crippen molar-refractivity contribution in [1.82, 2.24) is 14.9 Å². The Bertz CT molecular complexity index is 696. The van der Waals surface area contributed by atoms with Crippen LogP contribution in [0.15, 0.2) is 29.1 Å². The monoisotopic (exact) mass is 270 g/mol. The largest absolute Gasteiger partial charge is 0.339 e. The number of anilines is 1. The number of hydrogen-bond donors (Lipinski definition) is 1. The van der Waals surface area contributed by atoms with E-state index < -0.39 is 0 Å². The Labute approximate surface area is 117 Å². The zero-order valence-electron chi connectivity index (χ0n) is 11.4. The van der Waals surface area contributed by atoms with Gasteiger partial charge in [-0.3, -0.25) is 14.7 Å². The van der Waals surface area contributed by atoms with Gasteiger partial charge in [0.2, 0.25) is 5.95 Å². The van der Waals surface area contributed by atoms with Crippen LogP contribution in [-0.4, -0.2) is 47.1 Å². The maximum atomic E-state index is 12.1. The van der Waals surface area contributed by atoms with Gasteiger partial charge in [-0.25, -0.2) is 4.98 Å². The Balaban J connectivity index is 1.70. The summed E-state index contributed by atoms with van der Waals surface area (Å²) in [4.78, 5) is 24.5. The fourth-order valence-electron chi connectivity index (χ4n) is 3.41. The van der Waals surface area contributed by atoms with E-state index in [1.165, 1.54) is 19.4 Å². The van der Waals surface area contributed by atoms with Gasteiger partial charge in [0.15, 0.2) is 0 Å². The Hall–Kier alpha value is -1.88. The molecular formula is C15H18N4O. The molecule has 1 N–H and O–H groups in total. The van der Waals surface area contributed by atoms with Crippen molar-refractivity contribution in [3.63, 3.8) is 0 Å². The second-order valence-electron chi connectivity index (χ2n) is 5.68. The molecule has 1 aromatic carbocycles. The maximum absolute atomic E-state index is 12.1. The summed E-state index contributed by atoms with van der Waals surface area (Å²) in [5.41, 5.74) is 0.736. The van der Waals surface area contributed by atoms with Gasteiger partial charge in [-0.1, -0.05) is 12.1 Å². The number of H-pyrrole nitrogens is 1. The lowest BCUT2D eigenvalue weighted by molar-refractivity contribution is 0.229. The van der Waals surface area contributed by atoms with Crippen molar-refractivity contribution >= 4 is 16.9 Å². The van der Waals surface area contributed by atoms with Gasteiger partial charge in [0.05, 0.1) is 10.9 Å². The van der Waals surface area contributed by atoms with Gasteiger partial charge < -0.3 is 4.90 Å². The molecule has 2 aliphatic rings. The molecule has 104 valence electrons. The molecular weight excluding hydrogens is 252 g/mol. The van der Waals surface area contributed by atoms with Crippen molar-refractivity contribution in [2.45, 2.75) is 18.9 Å². The molecule has 0 radical (unpaired) electrons. The normalized spacial score (nSPS) is 23.2. The van der Waals surface area contributed by atoms with Gasteiger partial charge >= 0.3 is 0 Å². The highest BCUT2D eigenvalue weighted by Gasteiger charge is 2.31. The molecule has 0 amide bonds. The number of para-hydroxylation sites is 1. The van der Waals surface area contributed by atoms with Crippen LogP contribution in [0, 0.1) is 0 Å². The highest BCUT2D eigenvalue weighted by atomic mass is 16.1. The van der Waals surface area contributed by atoms with Crippen LogP contribution in [0.4, 0.5) is 5.95 Å². The summed E-state index contributed by atoms with van der Waals surface area (Å²) in [6.45, 7) is 4.21. The zero-order valence-corrected chi connectivity index (χ0v) is 11.4. The van der Waals surface area contributed by atoms with E-state index in [1.807, 2.05) is 24.3 Å². The number of aromatic amines is 1. The van der Waals surface area contributed by atoms with E-state index in [9.17, 15) is 4.79 Å². The van der Waals surface area contributed by atoms with Gasteiger partial charge in [-0.2, -0.15) is 0 Å². The lowest BCUT2D eigenvalue weighted by Gasteiger charge is -2.37. The van der Waals surface area contributed by atoms with Crippen LogP contribution in [-0.2, 0) is 0 Å². The minimum absolute atomic E-state index is 0.0422. The quantitative estimate of drug-likeness (QED) is 0.846. The van der Waals surface area contributed by atoms with Gasteiger partial charge in [-0.05, 0) is 31.5 Å². The molecule has 0 saturated carbocycles. The predicted molar refractivity (Wildman–Crippen MR) is 79.2 cm³/mol. The van der Waals surface area contributed by atoms with Gasteiger partial charge in [0.1, 0.15) is 0 Å². The van der Waals surface area contributed by atoms with E-state index in [4.69, 9.17) is 0 Å². The molecule has 0 aliphatic carbocycles. The standard InChI is InChI=1S/C15H18N4O/c20-14-12-5-1-2-6-13(12)16-15(17-14)19-9-8-18-7-3-4-11(18)10-19/h1-2,5-6,11H,3-4,7-10H2,(H,16,17,20). The third-order valence-corrected chi connectivity index (χ3v) is 4.49. The lowest BCUT2D eigenvalue weighted by Crippen LogP contribution is -2.50. The van der Waals surface area contributed by atoms with Crippen LogP contribution >= 0.6 is 0 Å². The first-order chi connectivity index (χ1) is 9.81. The maximum Gasteiger partial charge on any atom is 0.260 e.